The summed E-state index contributed by atoms with van der Waals surface area (Å²) in [5.41, 5.74) is -7.58. The summed E-state index contributed by atoms with van der Waals surface area (Å²) in [7, 11) is 0. The summed E-state index contributed by atoms with van der Waals surface area (Å²) < 4.78 is 55.5. The molecule has 11 heteroatoms. The van der Waals surface area contributed by atoms with Crippen molar-refractivity contribution in [1.29, 1.82) is 0 Å². The highest BCUT2D eigenvalue weighted by molar-refractivity contribution is 6.53. The highest BCUT2D eigenvalue weighted by Crippen LogP contribution is 2.70. The molecule has 3 saturated carbocycles. The minimum atomic E-state index is -2.38. The first kappa shape index (κ1) is 25.5. The number of hydrogen-bond donors (Lipinski definition) is 1. The Bertz CT molecular complexity index is 988. The van der Waals surface area contributed by atoms with Crippen molar-refractivity contribution in [3.63, 3.8) is 0 Å². The Morgan fingerprint density at radius 2 is 1.97 bits per heavy atom. The van der Waals surface area contributed by atoms with Gasteiger partial charge in [-0.2, -0.15) is 0 Å². The average molecular weight is 525 g/mol. The van der Waals surface area contributed by atoms with Crippen LogP contribution >= 0.6 is 23.2 Å². The van der Waals surface area contributed by atoms with E-state index in [1.165, 1.54) is 19.9 Å². The van der Waals surface area contributed by atoms with Crippen LogP contribution in [0.5, 0.6) is 0 Å². The Balaban J connectivity index is 1.83. The van der Waals surface area contributed by atoms with Gasteiger partial charge < -0.3 is 14.6 Å². The summed E-state index contributed by atoms with van der Waals surface area (Å²) in [5, 5.41) is 11.3. The lowest BCUT2D eigenvalue weighted by atomic mass is 9.44. The van der Waals surface area contributed by atoms with E-state index in [1.807, 2.05) is 0 Å². The monoisotopic (exact) mass is 524 g/mol. The van der Waals surface area contributed by atoms with Gasteiger partial charge in [-0.25, -0.2) is 22.8 Å². The van der Waals surface area contributed by atoms with Gasteiger partial charge in [0.2, 0.25) is 17.3 Å². The van der Waals surface area contributed by atoms with E-state index < -0.39 is 75.6 Å². The molecule has 6 nitrogen and oxygen atoms in total. The number of rotatable bonds is 4. The zero-order valence-corrected chi connectivity index (χ0v) is 20.0. The van der Waals surface area contributed by atoms with Gasteiger partial charge in [-0.15, -0.1) is 0 Å². The summed E-state index contributed by atoms with van der Waals surface area (Å²) in [4.78, 5) is 35.6. The van der Waals surface area contributed by atoms with Gasteiger partial charge in [0.15, 0.2) is 11.5 Å². The number of allylic oxidation sites excluding steroid dienone is 4. The van der Waals surface area contributed by atoms with Crippen LogP contribution in [0.2, 0.25) is 0 Å². The van der Waals surface area contributed by atoms with Crippen molar-refractivity contribution in [2.75, 3.05) is 6.86 Å². The fourth-order valence-electron chi connectivity index (χ4n) is 7.12. The normalized spacial score (nSPS) is 45.2. The molecule has 0 aliphatic heterocycles. The second-order valence-electron chi connectivity index (χ2n) is 9.99. The van der Waals surface area contributed by atoms with E-state index in [1.54, 1.807) is 0 Å². The topological polar surface area (TPSA) is 89.9 Å². The number of aliphatic hydroxyl groups is 1. The number of ketones is 1. The molecule has 0 aromatic rings. The van der Waals surface area contributed by atoms with E-state index in [0.29, 0.717) is 0 Å². The molecule has 0 heterocycles. The molecular weight excluding hydrogens is 500 g/mol. The van der Waals surface area contributed by atoms with Crippen molar-refractivity contribution in [3.05, 3.63) is 23.8 Å². The van der Waals surface area contributed by atoms with Gasteiger partial charge >= 0.3 is 11.9 Å². The van der Waals surface area contributed by atoms with Gasteiger partial charge in [0.1, 0.15) is 6.17 Å². The summed E-state index contributed by atoms with van der Waals surface area (Å²) >= 11 is 11.2. The quantitative estimate of drug-likeness (QED) is 0.443. The average Bonchev–Trinajstić information content (AvgIpc) is 3.04. The maximum atomic E-state index is 17.1. The minimum absolute atomic E-state index is 0.0407. The zero-order valence-electron chi connectivity index (χ0n) is 18.5. The summed E-state index contributed by atoms with van der Waals surface area (Å²) in [5.74, 6) is -4.72. The first-order valence-electron chi connectivity index (χ1n) is 11.0. The Morgan fingerprint density at radius 3 is 2.59 bits per heavy atom. The van der Waals surface area contributed by atoms with Gasteiger partial charge in [0.25, 0.3) is 0 Å². The van der Waals surface area contributed by atoms with Crippen molar-refractivity contribution in [2.24, 2.45) is 22.7 Å². The van der Waals surface area contributed by atoms with Crippen LogP contribution in [-0.4, -0.2) is 58.1 Å². The van der Waals surface area contributed by atoms with Crippen molar-refractivity contribution < 1.29 is 42.1 Å². The van der Waals surface area contributed by atoms with E-state index in [0.717, 1.165) is 12.2 Å². The first-order valence-corrected chi connectivity index (χ1v) is 11.9. The number of ether oxygens (including phenoxy) is 2. The Kier molecular flexibility index (Phi) is 6.18. The fraction of sp³-hybridized carbons (Fsp3) is 0.696. The predicted molar refractivity (Wildman–Crippen MR) is 115 cm³/mol. The van der Waals surface area contributed by atoms with Crippen LogP contribution in [0.3, 0.4) is 0 Å². The lowest BCUT2D eigenvalue weighted by Crippen LogP contribution is -2.70. The van der Waals surface area contributed by atoms with Crippen LogP contribution < -0.4 is 0 Å². The molecule has 188 valence electrons. The molecule has 1 N–H and O–H groups in total. The minimum Gasteiger partial charge on any atom is -0.444 e. The Hall–Kier alpha value is -1.58. The van der Waals surface area contributed by atoms with Gasteiger partial charge in [0, 0.05) is 16.7 Å². The standard InChI is InChI=1S/C23H25Cl2F3O6/c1-20-5-3-11(29)7-14(20)15(27)8-13-12-4-6-22(19(32)33-10-26,34-18(31)17(24)25)21(12,2)9-16(30)23(13,20)28/h3,5,7,12-13,15-17,30H,4,6,8-10H2,1-2H3/t12-,13-,15-,16-,20-,21-,22-,23-/m0/s1. The third-order valence-electron chi connectivity index (χ3n) is 8.72. The lowest BCUT2D eigenvalue weighted by molar-refractivity contribution is -0.236. The SMILES string of the molecule is C[C@]12C=CC(=O)C=C1[C@@H](F)C[C@H]1[C@@H]3CC[C@](OC(=O)C(Cl)Cl)(C(=O)OCF)[C@@]3(C)C[C@H](O)[C@@]12F. The number of fused-ring (bicyclic) bond motifs is 5. The number of esters is 2. The third kappa shape index (κ3) is 3.15. The molecule has 3 fully saturated rings. The van der Waals surface area contributed by atoms with Crippen LogP contribution in [0, 0.1) is 22.7 Å². The number of carbonyl (C=O) groups excluding carboxylic acids is 3. The third-order valence-corrected chi connectivity index (χ3v) is 9.07. The van der Waals surface area contributed by atoms with Crippen LogP contribution in [0.1, 0.15) is 39.5 Å². The van der Waals surface area contributed by atoms with Crippen molar-refractivity contribution in [2.45, 2.75) is 67.9 Å². The van der Waals surface area contributed by atoms with E-state index in [-0.39, 0.29) is 31.3 Å². The van der Waals surface area contributed by atoms with Crippen LogP contribution in [0.25, 0.3) is 0 Å². The Morgan fingerprint density at radius 1 is 1.29 bits per heavy atom. The van der Waals surface area contributed by atoms with Gasteiger partial charge in [-0.1, -0.05) is 36.2 Å². The maximum absolute atomic E-state index is 17.1. The number of halogens is 5. The fourth-order valence-corrected chi connectivity index (χ4v) is 7.21. The van der Waals surface area contributed by atoms with Gasteiger partial charge in [0.05, 0.1) is 6.10 Å². The highest BCUT2D eigenvalue weighted by atomic mass is 35.5. The summed E-state index contributed by atoms with van der Waals surface area (Å²) in [6.07, 6.45) is -0.702. The molecule has 8 atom stereocenters. The molecule has 4 rings (SSSR count). The van der Waals surface area contributed by atoms with Crippen molar-refractivity contribution >= 4 is 40.9 Å². The molecule has 0 radical (unpaired) electrons. The maximum Gasteiger partial charge on any atom is 0.353 e. The van der Waals surface area contributed by atoms with Crippen LogP contribution in [0.4, 0.5) is 13.2 Å². The van der Waals surface area contributed by atoms with Crippen molar-refractivity contribution in [1.82, 2.24) is 0 Å². The molecule has 0 aromatic carbocycles. The van der Waals surface area contributed by atoms with E-state index >= 15 is 8.78 Å². The number of alkyl halides is 5. The van der Waals surface area contributed by atoms with Gasteiger partial charge in [-0.05, 0) is 56.3 Å². The van der Waals surface area contributed by atoms with E-state index in [2.05, 4.69) is 4.74 Å². The molecule has 0 unspecified atom stereocenters. The smallest absolute Gasteiger partial charge is 0.353 e. The van der Waals surface area contributed by atoms with Crippen LogP contribution in [0.15, 0.2) is 23.8 Å². The summed E-state index contributed by atoms with van der Waals surface area (Å²) in [6, 6.07) is 0. The number of carbonyl (C=O) groups is 3. The number of hydrogen-bond acceptors (Lipinski definition) is 6. The van der Waals surface area contributed by atoms with Crippen molar-refractivity contribution in [3.8, 4) is 0 Å². The largest absolute Gasteiger partial charge is 0.444 e. The molecule has 4 aliphatic carbocycles. The Labute approximate surface area is 204 Å². The molecule has 0 saturated heterocycles. The molecule has 4 aliphatic rings. The second kappa shape index (κ2) is 8.23. The van der Waals surface area contributed by atoms with E-state index in [9.17, 15) is 23.9 Å². The highest BCUT2D eigenvalue weighted by Gasteiger charge is 2.77. The first-order chi connectivity index (χ1) is 15.8. The second-order valence-corrected chi connectivity index (χ2v) is 11.1. The predicted octanol–water partition coefficient (Wildman–Crippen LogP) is 3.86. The van der Waals surface area contributed by atoms with E-state index in [4.69, 9.17) is 27.9 Å². The molecule has 0 aromatic heterocycles. The van der Waals surface area contributed by atoms with Gasteiger partial charge in [-0.3, -0.25) is 4.79 Å². The number of aliphatic hydroxyl groups excluding tert-OH is 1. The zero-order chi connectivity index (χ0) is 25.3. The molecular formula is C23H25Cl2F3O6. The van der Waals surface area contributed by atoms with Crippen LogP contribution in [-0.2, 0) is 23.9 Å². The molecule has 0 bridgehead atoms. The molecule has 0 amide bonds. The molecule has 34 heavy (non-hydrogen) atoms. The lowest BCUT2D eigenvalue weighted by Gasteiger charge is -2.62. The summed E-state index contributed by atoms with van der Waals surface area (Å²) in [6.45, 7) is 1.46. The molecule has 0 spiro atoms.